The lowest BCUT2D eigenvalue weighted by Gasteiger charge is -2.19. The van der Waals surface area contributed by atoms with Crippen molar-refractivity contribution in [1.29, 1.82) is 0 Å². The van der Waals surface area contributed by atoms with Crippen molar-refractivity contribution < 1.29 is 14.7 Å². The predicted octanol–water partition coefficient (Wildman–Crippen LogP) is 1.68. The molecule has 1 amide bonds. The fourth-order valence-electron chi connectivity index (χ4n) is 1.87. The number of likely N-dealkylation sites (tertiary alicyclic amines) is 1. The van der Waals surface area contributed by atoms with Crippen LogP contribution in [0.5, 0.6) is 0 Å². The van der Waals surface area contributed by atoms with Crippen LogP contribution in [0, 0.1) is 5.41 Å². The molecule has 0 radical (unpaired) electrons. The standard InChI is InChI=1S/C11H13NO3S/c1-11(10(14)15)4-5-12(7-11)9(13)8-3-2-6-16-8/h2-3,6H,4-5,7H2,1H3,(H,14,15). The minimum absolute atomic E-state index is 0.0556. The van der Waals surface area contributed by atoms with Crippen molar-refractivity contribution >= 4 is 23.2 Å². The Morgan fingerprint density at radius 1 is 1.56 bits per heavy atom. The fraction of sp³-hybridized carbons (Fsp3) is 0.455. The molecular formula is C11H13NO3S. The second kappa shape index (κ2) is 3.90. The minimum atomic E-state index is -0.825. The Balaban J connectivity index is 2.10. The summed E-state index contributed by atoms with van der Waals surface area (Å²) in [6.45, 7) is 2.52. The second-order valence-corrected chi connectivity index (χ2v) is 5.27. The van der Waals surface area contributed by atoms with E-state index in [0.29, 0.717) is 24.4 Å². The molecule has 4 nitrogen and oxygen atoms in total. The highest BCUT2D eigenvalue weighted by molar-refractivity contribution is 7.12. The molecule has 0 bridgehead atoms. The van der Waals surface area contributed by atoms with Crippen molar-refractivity contribution in [2.75, 3.05) is 13.1 Å². The molecule has 1 aromatic heterocycles. The highest BCUT2D eigenvalue weighted by Gasteiger charge is 2.42. The zero-order valence-corrected chi connectivity index (χ0v) is 9.79. The van der Waals surface area contributed by atoms with E-state index in [0.717, 1.165) is 0 Å². The van der Waals surface area contributed by atoms with Crippen LogP contribution in [0.2, 0.25) is 0 Å². The lowest BCUT2D eigenvalue weighted by Crippen LogP contribution is -2.34. The molecule has 1 unspecified atom stereocenters. The number of carbonyl (C=O) groups excluding carboxylic acids is 1. The first-order valence-corrected chi connectivity index (χ1v) is 5.97. The Hall–Kier alpha value is -1.36. The van der Waals surface area contributed by atoms with Crippen LogP contribution in [0.3, 0.4) is 0 Å². The summed E-state index contributed by atoms with van der Waals surface area (Å²) >= 11 is 1.39. The maximum absolute atomic E-state index is 12.0. The molecule has 0 aromatic carbocycles. The molecule has 1 N–H and O–H groups in total. The summed E-state index contributed by atoms with van der Waals surface area (Å²) in [5.41, 5.74) is -0.785. The Morgan fingerprint density at radius 3 is 2.81 bits per heavy atom. The van der Waals surface area contributed by atoms with E-state index in [4.69, 9.17) is 5.11 Å². The zero-order valence-electron chi connectivity index (χ0n) is 8.97. The quantitative estimate of drug-likeness (QED) is 0.854. The van der Waals surface area contributed by atoms with Crippen LogP contribution in [0.15, 0.2) is 17.5 Å². The van der Waals surface area contributed by atoms with E-state index in [2.05, 4.69) is 0 Å². The lowest BCUT2D eigenvalue weighted by molar-refractivity contribution is -0.147. The number of amides is 1. The molecule has 1 saturated heterocycles. The van der Waals surface area contributed by atoms with Crippen molar-refractivity contribution in [2.24, 2.45) is 5.41 Å². The summed E-state index contributed by atoms with van der Waals surface area (Å²) in [5, 5.41) is 10.9. The van der Waals surface area contributed by atoms with Gasteiger partial charge in [-0.05, 0) is 24.8 Å². The second-order valence-electron chi connectivity index (χ2n) is 4.32. The van der Waals surface area contributed by atoms with Gasteiger partial charge >= 0.3 is 5.97 Å². The summed E-state index contributed by atoms with van der Waals surface area (Å²) in [4.78, 5) is 25.3. The molecule has 0 aliphatic carbocycles. The van der Waals surface area contributed by atoms with Crippen molar-refractivity contribution in [3.63, 3.8) is 0 Å². The molecule has 1 aromatic rings. The average Bonchev–Trinajstić information content (AvgIpc) is 2.85. The van der Waals surface area contributed by atoms with Crippen LogP contribution in [-0.2, 0) is 4.79 Å². The van der Waals surface area contributed by atoms with E-state index in [9.17, 15) is 9.59 Å². The molecule has 86 valence electrons. The van der Waals surface area contributed by atoms with Crippen molar-refractivity contribution in [2.45, 2.75) is 13.3 Å². The normalized spacial score (nSPS) is 24.7. The first-order chi connectivity index (χ1) is 7.53. The van der Waals surface area contributed by atoms with Crippen LogP contribution in [-0.4, -0.2) is 35.0 Å². The summed E-state index contributed by atoms with van der Waals surface area (Å²) in [5.74, 6) is -0.881. The fourth-order valence-corrected chi connectivity index (χ4v) is 2.56. The number of thiophene rings is 1. The molecule has 16 heavy (non-hydrogen) atoms. The van der Waals surface area contributed by atoms with Gasteiger partial charge in [-0.1, -0.05) is 6.07 Å². The first kappa shape index (κ1) is 11.1. The van der Waals surface area contributed by atoms with E-state index in [-0.39, 0.29) is 5.91 Å². The van der Waals surface area contributed by atoms with E-state index in [1.54, 1.807) is 17.9 Å². The van der Waals surface area contributed by atoms with Gasteiger partial charge in [0.15, 0.2) is 0 Å². The highest BCUT2D eigenvalue weighted by Crippen LogP contribution is 2.31. The van der Waals surface area contributed by atoms with Crippen LogP contribution < -0.4 is 0 Å². The SMILES string of the molecule is CC1(C(=O)O)CCN(C(=O)c2cccs2)C1. The van der Waals surface area contributed by atoms with Crippen LogP contribution in [0.1, 0.15) is 23.0 Å². The maximum Gasteiger partial charge on any atom is 0.311 e. The van der Waals surface area contributed by atoms with Gasteiger partial charge in [-0.2, -0.15) is 0 Å². The zero-order chi connectivity index (χ0) is 11.8. The van der Waals surface area contributed by atoms with E-state index in [1.165, 1.54) is 11.3 Å². The van der Waals surface area contributed by atoms with Gasteiger partial charge in [0.25, 0.3) is 5.91 Å². The van der Waals surface area contributed by atoms with Gasteiger partial charge < -0.3 is 10.0 Å². The van der Waals surface area contributed by atoms with Crippen LogP contribution in [0.4, 0.5) is 0 Å². The van der Waals surface area contributed by atoms with Gasteiger partial charge in [-0.3, -0.25) is 9.59 Å². The smallest absolute Gasteiger partial charge is 0.311 e. The van der Waals surface area contributed by atoms with Crippen molar-refractivity contribution in [3.8, 4) is 0 Å². The third-order valence-corrected chi connectivity index (χ3v) is 3.87. The largest absolute Gasteiger partial charge is 0.481 e. The van der Waals surface area contributed by atoms with Crippen LogP contribution >= 0.6 is 11.3 Å². The molecule has 1 fully saturated rings. The van der Waals surface area contributed by atoms with Gasteiger partial charge in [-0.15, -0.1) is 11.3 Å². The Bertz CT molecular complexity index is 415. The van der Waals surface area contributed by atoms with Crippen LogP contribution in [0.25, 0.3) is 0 Å². The number of hydrogen-bond acceptors (Lipinski definition) is 3. The van der Waals surface area contributed by atoms with Gasteiger partial charge in [0, 0.05) is 13.1 Å². The molecule has 2 heterocycles. The predicted molar refractivity (Wildman–Crippen MR) is 60.6 cm³/mol. The number of nitrogens with zero attached hydrogens (tertiary/aromatic N) is 1. The number of carboxylic acid groups (broad SMARTS) is 1. The van der Waals surface area contributed by atoms with Gasteiger partial charge in [0.2, 0.25) is 0 Å². The number of aliphatic carboxylic acids is 1. The van der Waals surface area contributed by atoms with E-state index < -0.39 is 11.4 Å². The molecule has 0 saturated carbocycles. The Morgan fingerprint density at radius 2 is 2.31 bits per heavy atom. The molecule has 0 spiro atoms. The highest BCUT2D eigenvalue weighted by atomic mass is 32.1. The molecule has 1 aliphatic rings. The maximum atomic E-state index is 12.0. The molecule has 5 heteroatoms. The van der Waals surface area contributed by atoms with Gasteiger partial charge in [0.1, 0.15) is 0 Å². The number of carbonyl (C=O) groups is 2. The molecular weight excluding hydrogens is 226 g/mol. The third kappa shape index (κ3) is 1.82. The van der Waals surface area contributed by atoms with E-state index >= 15 is 0 Å². The number of hydrogen-bond donors (Lipinski definition) is 1. The third-order valence-electron chi connectivity index (χ3n) is 3.01. The van der Waals surface area contributed by atoms with E-state index in [1.807, 2.05) is 11.4 Å². The van der Waals surface area contributed by atoms with Crippen molar-refractivity contribution in [1.82, 2.24) is 4.90 Å². The monoisotopic (exact) mass is 239 g/mol. The number of carboxylic acids is 1. The summed E-state index contributed by atoms with van der Waals surface area (Å²) in [6, 6.07) is 3.59. The summed E-state index contributed by atoms with van der Waals surface area (Å²) in [6.07, 6.45) is 0.527. The van der Waals surface area contributed by atoms with Gasteiger partial charge in [-0.25, -0.2) is 0 Å². The molecule has 2 rings (SSSR count). The number of rotatable bonds is 2. The molecule has 1 atom stereocenters. The van der Waals surface area contributed by atoms with Gasteiger partial charge in [0.05, 0.1) is 10.3 Å². The summed E-state index contributed by atoms with van der Waals surface area (Å²) < 4.78 is 0. The topological polar surface area (TPSA) is 57.6 Å². The molecule has 1 aliphatic heterocycles. The first-order valence-electron chi connectivity index (χ1n) is 5.09. The Labute approximate surface area is 97.5 Å². The Kier molecular flexibility index (Phi) is 2.71. The average molecular weight is 239 g/mol. The van der Waals surface area contributed by atoms with Crippen molar-refractivity contribution in [3.05, 3.63) is 22.4 Å². The minimum Gasteiger partial charge on any atom is -0.481 e. The summed E-state index contributed by atoms with van der Waals surface area (Å²) in [7, 11) is 0. The lowest BCUT2D eigenvalue weighted by atomic mass is 9.90.